The second kappa shape index (κ2) is 5.71. The molecule has 0 aromatic carbocycles. The molecule has 5 nitrogen and oxygen atoms in total. The molecule has 1 fully saturated rings. The van der Waals surface area contributed by atoms with E-state index in [4.69, 9.17) is 9.47 Å². The molecule has 102 valence electrons. The lowest BCUT2D eigenvalue weighted by Gasteiger charge is -2.07. The Morgan fingerprint density at radius 3 is 3.32 bits per heavy atom. The smallest absolute Gasteiger partial charge is 0.274 e. The van der Waals surface area contributed by atoms with E-state index < -0.39 is 0 Å². The Morgan fingerprint density at radius 1 is 1.58 bits per heavy atom. The maximum absolute atomic E-state index is 5.81. The molecule has 1 aliphatic heterocycles. The molecule has 0 radical (unpaired) electrons. The SMILES string of the molecule is CCCn1nccc1-c1csc(OC2CCOC2)n1. The van der Waals surface area contributed by atoms with E-state index in [0.29, 0.717) is 6.61 Å². The van der Waals surface area contributed by atoms with Crippen LogP contribution in [0.5, 0.6) is 5.19 Å². The van der Waals surface area contributed by atoms with Crippen LogP contribution in [0.25, 0.3) is 11.4 Å². The third kappa shape index (κ3) is 2.79. The molecular formula is C13H17N3O2S. The van der Waals surface area contributed by atoms with Gasteiger partial charge in [-0.1, -0.05) is 18.3 Å². The Morgan fingerprint density at radius 2 is 2.53 bits per heavy atom. The van der Waals surface area contributed by atoms with E-state index in [-0.39, 0.29) is 6.10 Å². The minimum atomic E-state index is 0.152. The fourth-order valence-corrected chi connectivity index (χ4v) is 2.85. The summed E-state index contributed by atoms with van der Waals surface area (Å²) < 4.78 is 13.1. The monoisotopic (exact) mass is 279 g/mol. The van der Waals surface area contributed by atoms with E-state index in [2.05, 4.69) is 17.0 Å². The number of aryl methyl sites for hydroxylation is 1. The standard InChI is InChI=1S/C13H17N3O2S/c1-2-6-16-12(3-5-14-16)11-9-19-13(15-11)18-10-4-7-17-8-10/h3,5,9-10H,2,4,6-8H2,1H3. The van der Waals surface area contributed by atoms with Crippen LogP contribution in [0.1, 0.15) is 19.8 Å². The fourth-order valence-electron chi connectivity index (χ4n) is 2.12. The first kappa shape index (κ1) is 12.6. The molecule has 2 aromatic heterocycles. The van der Waals surface area contributed by atoms with E-state index in [0.717, 1.165) is 42.6 Å². The molecule has 1 aliphatic rings. The van der Waals surface area contributed by atoms with Gasteiger partial charge in [0, 0.05) is 24.5 Å². The van der Waals surface area contributed by atoms with Gasteiger partial charge in [-0.25, -0.2) is 4.98 Å². The average molecular weight is 279 g/mol. The van der Waals surface area contributed by atoms with Crippen molar-refractivity contribution in [2.24, 2.45) is 0 Å². The molecular weight excluding hydrogens is 262 g/mol. The van der Waals surface area contributed by atoms with Crippen molar-refractivity contribution >= 4 is 11.3 Å². The lowest BCUT2D eigenvalue weighted by molar-refractivity contribution is 0.141. The van der Waals surface area contributed by atoms with Gasteiger partial charge in [-0.05, 0) is 12.5 Å². The van der Waals surface area contributed by atoms with Gasteiger partial charge in [-0.3, -0.25) is 4.68 Å². The van der Waals surface area contributed by atoms with Crippen molar-refractivity contribution in [1.29, 1.82) is 0 Å². The van der Waals surface area contributed by atoms with Gasteiger partial charge in [-0.15, -0.1) is 0 Å². The summed E-state index contributed by atoms with van der Waals surface area (Å²) in [5, 5.41) is 7.05. The topological polar surface area (TPSA) is 49.2 Å². The summed E-state index contributed by atoms with van der Waals surface area (Å²) in [6.45, 7) is 4.50. The number of nitrogens with zero attached hydrogens (tertiary/aromatic N) is 3. The third-order valence-corrected chi connectivity index (χ3v) is 3.78. The van der Waals surface area contributed by atoms with E-state index in [1.54, 1.807) is 0 Å². The van der Waals surface area contributed by atoms with Gasteiger partial charge in [0.1, 0.15) is 11.8 Å². The zero-order chi connectivity index (χ0) is 13.1. The molecule has 2 aromatic rings. The minimum absolute atomic E-state index is 0.152. The van der Waals surface area contributed by atoms with Crippen molar-refractivity contribution in [3.8, 4) is 16.6 Å². The molecule has 3 rings (SSSR count). The minimum Gasteiger partial charge on any atom is -0.464 e. The van der Waals surface area contributed by atoms with Crippen LogP contribution < -0.4 is 4.74 Å². The number of hydrogen-bond donors (Lipinski definition) is 0. The van der Waals surface area contributed by atoms with Crippen molar-refractivity contribution in [1.82, 2.24) is 14.8 Å². The molecule has 3 heterocycles. The molecule has 0 amide bonds. The highest BCUT2D eigenvalue weighted by Crippen LogP contribution is 2.28. The molecule has 1 unspecified atom stereocenters. The first-order valence-electron chi connectivity index (χ1n) is 6.59. The van der Waals surface area contributed by atoms with E-state index in [9.17, 15) is 0 Å². The van der Waals surface area contributed by atoms with Crippen molar-refractivity contribution in [3.63, 3.8) is 0 Å². The summed E-state index contributed by atoms with van der Waals surface area (Å²) in [5.74, 6) is 0. The second-order valence-electron chi connectivity index (χ2n) is 4.54. The highest BCUT2D eigenvalue weighted by atomic mass is 32.1. The van der Waals surface area contributed by atoms with Gasteiger partial charge in [-0.2, -0.15) is 5.10 Å². The first-order valence-corrected chi connectivity index (χ1v) is 7.47. The maximum atomic E-state index is 5.81. The van der Waals surface area contributed by atoms with Gasteiger partial charge < -0.3 is 9.47 Å². The van der Waals surface area contributed by atoms with Gasteiger partial charge in [0.25, 0.3) is 5.19 Å². The quantitative estimate of drug-likeness (QED) is 0.844. The Labute approximate surface area is 116 Å². The largest absolute Gasteiger partial charge is 0.464 e. The fraction of sp³-hybridized carbons (Fsp3) is 0.538. The van der Waals surface area contributed by atoms with Crippen molar-refractivity contribution < 1.29 is 9.47 Å². The van der Waals surface area contributed by atoms with Crippen molar-refractivity contribution in [2.45, 2.75) is 32.4 Å². The summed E-state index contributed by atoms with van der Waals surface area (Å²) in [7, 11) is 0. The molecule has 0 spiro atoms. The number of hydrogen-bond acceptors (Lipinski definition) is 5. The molecule has 19 heavy (non-hydrogen) atoms. The molecule has 0 N–H and O–H groups in total. The van der Waals surface area contributed by atoms with Crippen LogP contribution in [-0.4, -0.2) is 34.1 Å². The van der Waals surface area contributed by atoms with Crippen LogP contribution in [0.3, 0.4) is 0 Å². The van der Waals surface area contributed by atoms with Crippen LogP contribution >= 0.6 is 11.3 Å². The Bertz CT molecular complexity index is 531. The van der Waals surface area contributed by atoms with E-state index in [1.807, 2.05) is 22.3 Å². The van der Waals surface area contributed by atoms with Crippen LogP contribution in [0.15, 0.2) is 17.6 Å². The zero-order valence-corrected chi connectivity index (χ0v) is 11.7. The second-order valence-corrected chi connectivity index (χ2v) is 5.36. The van der Waals surface area contributed by atoms with Gasteiger partial charge in [0.2, 0.25) is 0 Å². The van der Waals surface area contributed by atoms with E-state index >= 15 is 0 Å². The van der Waals surface area contributed by atoms with Crippen LogP contribution in [0, 0.1) is 0 Å². The highest BCUT2D eigenvalue weighted by molar-refractivity contribution is 7.11. The first-order chi connectivity index (χ1) is 9.36. The summed E-state index contributed by atoms with van der Waals surface area (Å²) in [5.41, 5.74) is 1.99. The lowest BCUT2D eigenvalue weighted by Crippen LogP contribution is -2.15. The van der Waals surface area contributed by atoms with Crippen LogP contribution in [0.2, 0.25) is 0 Å². The zero-order valence-electron chi connectivity index (χ0n) is 10.9. The Hall–Kier alpha value is -1.40. The third-order valence-electron chi connectivity index (χ3n) is 3.05. The Balaban J connectivity index is 1.74. The average Bonchev–Trinajstić information content (AvgIpc) is 3.11. The van der Waals surface area contributed by atoms with Crippen molar-refractivity contribution in [3.05, 3.63) is 17.6 Å². The number of rotatable bonds is 5. The van der Waals surface area contributed by atoms with Gasteiger partial charge in [0.15, 0.2) is 0 Å². The highest BCUT2D eigenvalue weighted by Gasteiger charge is 2.19. The molecule has 0 saturated carbocycles. The molecule has 1 atom stereocenters. The van der Waals surface area contributed by atoms with Crippen molar-refractivity contribution in [2.75, 3.05) is 13.2 Å². The summed E-state index contributed by atoms with van der Waals surface area (Å²) in [6, 6.07) is 1.99. The summed E-state index contributed by atoms with van der Waals surface area (Å²) in [6.07, 6.45) is 3.97. The van der Waals surface area contributed by atoms with Gasteiger partial charge >= 0.3 is 0 Å². The summed E-state index contributed by atoms with van der Waals surface area (Å²) in [4.78, 5) is 4.54. The molecule has 1 saturated heterocycles. The predicted octanol–water partition coefficient (Wildman–Crippen LogP) is 2.58. The van der Waals surface area contributed by atoms with Gasteiger partial charge in [0.05, 0.1) is 18.9 Å². The number of aromatic nitrogens is 3. The van der Waals surface area contributed by atoms with Crippen LogP contribution in [0.4, 0.5) is 0 Å². The Kier molecular flexibility index (Phi) is 3.79. The molecule has 6 heteroatoms. The predicted molar refractivity (Wildman–Crippen MR) is 73.5 cm³/mol. The van der Waals surface area contributed by atoms with Crippen LogP contribution in [-0.2, 0) is 11.3 Å². The molecule has 0 bridgehead atoms. The lowest BCUT2D eigenvalue weighted by atomic mass is 10.3. The molecule has 0 aliphatic carbocycles. The maximum Gasteiger partial charge on any atom is 0.274 e. The number of thiazole rings is 1. The normalized spacial score (nSPS) is 18.9. The summed E-state index contributed by atoms with van der Waals surface area (Å²) >= 11 is 1.53. The van der Waals surface area contributed by atoms with E-state index in [1.165, 1.54) is 11.3 Å². The number of ether oxygens (including phenoxy) is 2.